The lowest BCUT2D eigenvalue weighted by atomic mass is 9.90. The largest absolute Gasteiger partial charge is 0.310 e. The fourth-order valence-electron chi connectivity index (χ4n) is 4.22. The van der Waals surface area contributed by atoms with E-state index >= 15 is 0 Å². The second kappa shape index (κ2) is 7.63. The Labute approximate surface area is 169 Å². The third-order valence-electron chi connectivity index (χ3n) is 5.88. The fourth-order valence-corrected chi connectivity index (χ4v) is 4.22. The normalized spacial score (nSPS) is 20.1. The van der Waals surface area contributed by atoms with Gasteiger partial charge in [-0.15, -0.1) is 0 Å². The number of anilines is 1. The van der Waals surface area contributed by atoms with Crippen molar-refractivity contribution in [3.05, 3.63) is 101 Å². The summed E-state index contributed by atoms with van der Waals surface area (Å²) < 4.78 is 13.7. The molecule has 0 aliphatic heterocycles. The van der Waals surface area contributed by atoms with Gasteiger partial charge in [-0.05, 0) is 53.3 Å². The molecule has 4 rings (SSSR count). The molecule has 1 fully saturated rings. The van der Waals surface area contributed by atoms with Crippen LogP contribution < -0.4 is 4.90 Å². The summed E-state index contributed by atoms with van der Waals surface area (Å²) in [6, 6.07) is 21.9. The lowest BCUT2D eigenvalue weighted by molar-refractivity contribution is -0.107. The van der Waals surface area contributed by atoms with Gasteiger partial charge in [0.1, 0.15) is 12.1 Å². The van der Waals surface area contributed by atoms with Gasteiger partial charge in [-0.3, -0.25) is 9.59 Å². The summed E-state index contributed by atoms with van der Waals surface area (Å²) in [5.74, 6) is -0.0131. The number of carbonyl (C=O) groups is 2. The van der Waals surface area contributed by atoms with Crippen LogP contribution in [0, 0.1) is 5.82 Å². The van der Waals surface area contributed by atoms with Crippen LogP contribution in [0.4, 0.5) is 10.1 Å². The maximum atomic E-state index is 13.7. The van der Waals surface area contributed by atoms with Crippen LogP contribution in [0.1, 0.15) is 46.3 Å². The third-order valence-corrected chi connectivity index (χ3v) is 5.88. The molecule has 1 aliphatic rings. The zero-order valence-electron chi connectivity index (χ0n) is 16.2. The second-order valence-electron chi connectivity index (χ2n) is 7.84. The molecule has 1 amide bonds. The highest BCUT2D eigenvalue weighted by Gasteiger charge is 2.53. The number of rotatable bonds is 7. The number of hydrogen-bond donors (Lipinski definition) is 0. The van der Waals surface area contributed by atoms with Crippen molar-refractivity contribution in [3.63, 3.8) is 0 Å². The first kappa shape index (κ1) is 19.1. The SMILES string of the molecule is CC1(c2ccccc2N(C=O)Cc2cccc(C=O)c2)CC1c1cccc(F)c1. The van der Waals surface area contributed by atoms with E-state index in [0.717, 1.165) is 41.5 Å². The Bertz CT molecular complexity index is 1060. The first-order valence-electron chi connectivity index (χ1n) is 9.66. The van der Waals surface area contributed by atoms with E-state index < -0.39 is 0 Å². The van der Waals surface area contributed by atoms with Crippen LogP contribution in [0.5, 0.6) is 0 Å². The van der Waals surface area contributed by atoms with Crippen LogP contribution in [-0.4, -0.2) is 12.7 Å². The molecule has 0 radical (unpaired) electrons. The van der Waals surface area contributed by atoms with E-state index in [0.29, 0.717) is 12.1 Å². The molecule has 146 valence electrons. The van der Waals surface area contributed by atoms with E-state index in [2.05, 4.69) is 6.92 Å². The van der Waals surface area contributed by atoms with Crippen LogP contribution >= 0.6 is 0 Å². The lowest BCUT2D eigenvalue weighted by Crippen LogP contribution is -2.23. The molecule has 3 aromatic rings. The van der Waals surface area contributed by atoms with Gasteiger partial charge in [-0.2, -0.15) is 0 Å². The molecule has 0 bridgehead atoms. The van der Waals surface area contributed by atoms with Crippen LogP contribution in [0.2, 0.25) is 0 Å². The Hall–Kier alpha value is -3.27. The second-order valence-corrected chi connectivity index (χ2v) is 7.84. The third kappa shape index (κ3) is 3.70. The number of nitrogens with zero attached hydrogens (tertiary/aromatic N) is 1. The molecule has 0 N–H and O–H groups in total. The van der Waals surface area contributed by atoms with Crippen molar-refractivity contribution in [2.75, 3.05) is 4.90 Å². The van der Waals surface area contributed by atoms with Crippen molar-refractivity contribution in [1.82, 2.24) is 0 Å². The molecule has 2 atom stereocenters. The van der Waals surface area contributed by atoms with Gasteiger partial charge in [0, 0.05) is 16.7 Å². The molecule has 2 unspecified atom stereocenters. The van der Waals surface area contributed by atoms with Gasteiger partial charge in [0.25, 0.3) is 0 Å². The monoisotopic (exact) mass is 387 g/mol. The Morgan fingerprint density at radius 2 is 1.83 bits per heavy atom. The molecule has 3 aromatic carbocycles. The summed E-state index contributed by atoms with van der Waals surface area (Å²) in [4.78, 5) is 24.7. The topological polar surface area (TPSA) is 37.4 Å². The molecule has 29 heavy (non-hydrogen) atoms. The molecule has 4 heteroatoms. The van der Waals surface area contributed by atoms with E-state index in [-0.39, 0.29) is 17.2 Å². The van der Waals surface area contributed by atoms with Gasteiger partial charge in [-0.25, -0.2) is 4.39 Å². The number of amides is 1. The predicted molar refractivity (Wildman–Crippen MR) is 112 cm³/mol. The molecule has 0 saturated heterocycles. The maximum absolute atomic E-state index is 13.7. The first-order chi connectivity index (χ1) is 14.0. The summed E-state index contributed by atoms with van der Waals surface area (Å²) in [5, 5.41) is 0. The smallest absolute Gasteiger partial charge is 0.214 e. The minimum absolute atomic E-state index is 0.156. The molecule has 0 aromatic heterocycles. The van der Waals surface area contributed by atoms with Crippen LogP contribution in [0.15, 0.2) is 72.8 Å². The lowest BCUT2D eigenvalue weighted by Gasteiger charge is -2.25. The maximum Gasteiger partial charge on any atom is 0.214 e. The molecular formula is C25H22FNO2. The molecule has 1 saturated carbocycles. The van der Waals surface area contributed by atoms with Crippen LogP contribution in [0.3, 0.4) is 0 Å². The first-order valence-corrected chi connectivity index (χ1v) is 9.66. The standard InChI is InChI=1S/C25H22FNO2/c1-25(14-23(25)20-8-5-9-21(26)13-20)22-10-2-3-11-24(22)27(17-29)15-18-6-4-7-19(12-18)16-28/h2-13,16-17,23H,14-15H2,1H3. The van der Waals surface area contributed by atoms with E-state index in [1.54, 1.807) is 29.2 Å². The van der Waals surface area contributed by atoms with Crippen molar-refractivity contribution in [3.8, 4) is 0 Å². The van der Waals surface area contributed by atoms with Crippen molar-refractivity contribution < 1.29 is 14.0 Å². The van der Waals surface area contributed by atoms with Gasteiger partial charge >= 0.3 is 0 Å². The molecule has 0 heterocycles. The van der Waals surface area contributed by atoms with Crippen LogP contribution in [-0.2, 0) is 16.8 Å². The van der Waals surface area contributed by atoms with Crippen molar-refractivity contribution >= 4 is 18.4 Å². The average molecular weight is 387 g/mol. The zero-order chi connectivity index (χ0) is 20.4. The predicted octanol–water partition coefficient (Wildman–Crippen LogP) is 5.25. The number of aldehydes is 1. The molecule has 1 aliphatic carbocycles. The Kier molecular flexibility index (Phi) is 5.01. The van der Waals surface area contributed by atoms with E-state index in [1.165, 1.54) is 6.07 Å². The van der Waals surface area contributed by atoms with Crippen molar-refractivity contribution in [2.24, 2.45) is 0 Å². The summed E-state index contributed by atoms with van der Waals surface area (Å²) in [6.07, 6.45) is 2.54. The highest BCUT2D eigenvalue weighted by Crippen LogP contribution is 2.61. The molecular weight excluding hydrogens is 365 g/mol. The van der Waals surface area contributed by atoms with E-state index in [1.807, 2.05) is 42.5 Å². The molecule has 3 nitrogen and oxygen atoms in total. The van der Waals surface area contributed by atoms with Crippen molar-refractivity contribution in [1.29, 1.82) is 0 Å². The highest BCUT2D eigenvalue weighted by molar-refractivity contribution is 5.79. The molecule has 0 spiro atoms. The van der Waals surface area contributed by atoms with Crippen LogP contribution in [0.25, 0.3) is 0 Å². The number of carbonyl (C=O) groups excluding carboxylic acids is 2. The van der Waals surface area contributed by atoms with Gasteiger partial charge < -0.3 is 4.90 Å². The van der Waals surface area contributed by atoms with Gasteiger partial charge in [0.05, 0.1) is 6.54 Å². The summed E-state index contributed by atoms with van der Waals surface area (Å²) in [5.41, 5.74) is 4.23. The quantitative estimate of drug-likeness (QED) is 0.520. The zero-order valence-corrected chi connectivity index (χ0v) is 16.2. The van der Waals surface area contributed by atoms with Crippen molar-refractivity contribution in [2.45, 2.75) is 31.2 Å². The summed E-state index contributed by atoms with van der Waals surface area (Å²) >= 11 is 0. The summed E-state index contributed by atoms with van der Waals surface area (Å²) in [6.45, 7) is 2.54. The number of hydrogen-bond acceptors (Lipinski definition) is 2. The van der Waals surface area contributed by atoms with E-state index in [4.69, 9.17) is 0 Å². The van der Waals surface area contributed by atoms with E-state index in [9.17, 15) is 14.0 Å². The Morgan fingerprint density at radius 1 is 1.03 bits per heavy atom. The average Bonchev–Trinajstić information content (AvgIpc) is 3.45. The minimum atomic E-state index is -0.227. The Balaban J connectivity index is 1.65. The van der Waals surface area contributed by atoms with Gasteiger partial charge in [0.15, 0.2) is 0 Å². The number of halogens is 1. The van der Waals surface area contributed by atoms with Gasteiger partial charge in [0.2, 0.25) is 6.41 Å². The minimum Gasteiger partial charge on any atom is -0.310 e. The van der Waals surface area contributed by atoms with Gasteiger partial charge in [-0.1, -0.05) is 55.5 Å². The Morgan fingerprint density at radius 3 is 2.59 bits per heavy atom. The summed E-state index contributed by atoms with van der Waals surface area (Å²) in [7, 11) is 0. The number of benzene rings is 3. The number of para-hydroxylation sites is 1. The highest BCUT2D eigenvalue weighted by atomic mass is 19.1. The fraction of sp³-hybridized carbons (Fsp3) is 0.200.